The summed E-state index contributed by atoms with van der Waals surface area (Å²) in [6.45, 7) is 4.20. The minimum atomic E-state index is -0.247. The van der Waals surface area contributed by atoms with E-state index in [1.54, 1.807) is 19.1 Å². The number of amides is 1. The van der Waals surface area contributed by atoms with Gasteiger partial charge in [-0.3, -0.25) is 19.6 Å². The first-order valence-electron chi connectivity index (χ1n) is 11.0. The van der Waals surface area contributed by atoms with Crippen LogP contribution in [0.4, 0.5) is 5.13 Å². The Bertz CT molecular complexity index is 1280. The van der Waals surface area contributed by atoms with Crippen molar-refractivity contribution in [3.8, 4) is 11.5 Å². The molecule has 5 rings (SSSR count). The Labute approximate surface area is 200 Å². The molecule has 0 aliphatic carbocycles. The molecular weight excluding hydrogens is 454 g/mol. The largest absolute Gasteiger partial charge is 0.495 e. The van der Waals surface area contributed by atoms with Crippen molar-refractivity contribution in [1.29, 1.82) is 0 Å². The fourth-order valence-corrected chi connectivity index (χ4v) is 5.04. The van der Waals surface area contributed by atoms with Crippen molar-refractivity contribution in [1.82, 2.24) is 19.9 Å². The van der Waals surface area contributed by atoms with E-state index in [2.05, 4.69) is 14.9 Å². The summed E-state index contributed by atoms with van der Waals surface area (Å²) >= 11 is 1.40. The second kappa shape index (κ2) is 9.88. The maximum Gasteiger partial charge on any atom is 0.280 e. The molecule has 3 heterocycles. The predicted molar refractivity (Wildman–Crippen MR) is 131 cm³/mol. The number of para-hydroxylation sites is 2. The molecule has 0 N–H and O–H groups in total. The Hall–Kier alpha value is -3.34. The summed E-state index contributed by atoms with van der Waals surface area (Å²) in [5.74, 6) is 1.07. The Morgan fingerprint density at radius 3 is 2.56 bits per heavy atom. The number of methoxy groups -OCH3 is 2. The number of benzene rings is 2. The zero-order valence-electron chi connectivity index (χ0n) is 19.1. The van der Waals surface area contributed by atoms with Crippen molar-refractivity contribution in [2.45, 2.75) is 0 Å². The normalized spacial score (nSPS) is 14.4. The molecule has 2 aromatic carbocycles. The number of carbonyl (C=O) groups excluding carboxylic acids is 1. The lowest BCUT2D eigenvalue weighted by atomic mass is 10.3. The van der Waals surface area contributed by atoms with Crippen molar-refractivity contribution >= 4 is 43.6 Å². The molecule has 10 heteroatoms. The number of nitrogens with zero attached hydrogens (tertiary/aromatic N) is 5. The summed E-state index contributed by atoms with van der Waals surface area (Å²) in [7, 11) is 3.22. The molecule has 0 bridgehead atoms. The monoisotopic (exact) mass is 479 g/mol. The van der Waals surface area contributed by atoms with Gasteiger partial charge in [-0.1, -0.05) is 23.5 Å². The lowest BCUT2D eigenvalue weighted by Crippen LogP contribution is -2.43. The van der Waals surface area contributed by atoms with Crippen molar-refractivity contribution < 1.29 is 19.0 Å². The van der Waals surface area contributed by atoms with Crippen LogP contribution in [0.5, 0.6) is 11.5 Å². The van der Waals surface area contributed by atoms with Gasteiger partial charge in [0.25, 0.3) is 5.91 Å². The van der Waals surface area contributed by atoms with E-state index < -0.39 is 0 Å². The van der Waals surface area contributed by atoms with Crippen LogP contribution >= 0.6 is 11.3 Å². The lowest BCUT2D eigenvalue weighted by molar-refractivity contribution is 0.0391. The molecule has 1 aliphatic rings. The van der Waals surface area contributed by atoms with Gasteiger partial charge >= 0.3 is 0 Å². The molecule has 0 radical (unpaired) electrons. The highest BCUT2D eigenvalue weighted by Gasteiger charge is 2.26. The van der Waals surface area contributed by atoms with Gasteiger partial charge in [-0.2, -0.15) is 0 Å². The Kier molecular flexibility index (Phi) is 6.52. The van der Waals surface area contributed by atoms with Crippen molar-refractivity contribution in [3.63, 3.8) is 0 Å². The first kappa shape index (κ1) is 22.5. The summed E-state index contributed by atoms with van der Waals surface area (Å²) in [6.07, 6.45) is 1.53. The van der Waals surface area contributed by atoms with Gasteiger partial charge in [-0.25, -0.2) is 9.97 Å². The Morgan fingerprint density at radius 2 is 1.79 bits per heavy atom. The van der Waals surface area contributed by atoms with Crippen molar-refractivity contribution in [3.05, 3.63) is 48.3 Å². The molecule has 4 aromatic rings. The Morgan fingerprint density at radius 1 is 1.06 bits per heavy atom. The zero-order valence-corrected chi connectivity index (χ0v) is 19.9. The minimum absolute atomic E-state index is 0.247. The molecule has 0 saturated carbocycles. The molecule has 1 saturated heterocycles. The molecular formula is C24H25N5O4S. The molecule has 2 aromatic heterocycles. The third-order valence-electron chi connectivity index (χ3n) is 5.79. The maximum absolute atomic E-state index is 13.7. The Balaban J connectivity index is 1.53. The molecule has 0 unspecified atom stereocenters. The van der Waals surface area contributed by atoms with Gasteiger partial charge in [-0.15, -0.1) is 0 Å². The van der Waals surface area contributed by atoms with E-state index >= 15 is 0 Å². The van der Waals surface area contributed by atoms with E-state index in [1.165, 1.54) is 17.5 Å². The summed E-state index contributed by atoms with van der Waals surface area (Å²) < 4.78 is 17.3. The first-order valence-corrected chi connectivity index (χ1v) is 11.8. The summed E-state index contributed by atoms with van der Waals surface area (Å²) in [4.78, 5) is 31.5. The van der Waals surface area contributed by atoms with Crippen LogP contribution in [-0.4, -0.2) is 79.4 Å². The van der Waals surface area contributed by atoms with Crippen LogP contribution < -0.4 is 14.4 Å². The standard InChI is InChI=1S/C24H25N5O4S/c1-31-19-7-8-20(32-2)22-21(19)27-24(34-22)29(10-9-28-11-13-33-14-12-28)23(30)18-15-25-16-5-3-4-6-17(16)26-18/h3-8,15H,9-14H2,1-2H3. The van der Waals surface area contributed by atoms with E-state index in [9.17, 15) is 4.79 Å². The molecule has 1 fully saturated rings. The highest BCUT2D eigenvalue weighted by molar-refractivity contribution is 7.22. The molecule has 1 aliphatic heterocycles. The third-order valence-corrected chi connectivity index (χ3v) is 6.88. The molecule has 34 heavy (non-hydrogen) atoms. The van der Waals surface area contributed by atoms with Crippen LogP contribution in [0.1, 0.15) is 10.5 Å². The van der Waals surface area contributed by atoms with Crippen LogP contribution in [0.25, 0.3) is 21.3 Å². The number of ether oxygens (including phenoxy) is 3. The van der Waals surface area contributed by atoms with Crippen molar-refractivity contribution in [2.24, 2.45) is 0 Å². The van der Waals surface area contributed by atoms with E-state index in [-0.39, 0.29) is 11.6 Å². The van der Waals surface area contributed by atoms with Crippen LogP contribution in [0.15, 0.2) is 42.6 Å². The average Bonchev–Trinajstić information content (AvgIpc) is 3.33. The SMILES string of the molecule is COc1ccc(OC)c2sc(N(CCN3CCOCC3)C(=O)c3cnc4ccccc4n3)nc12. The van der Waals surface area contributed by atoms with E-state index in [4.69, 9.17) is 19.2 Å². The van der Waals surface area contributed by atoms with Gasteiger partial charge in [0.2, 0.25) is 0 Å². The third kappa shape index (κ3) is 4.39. The van der Waals surface area contributed by atoms with Crippen LogP contribution in [0.3, 0.4) is 0 Å². The number of hydrogen-bond acceptors (Lipinski definition) is 9. The summed E-state index contributed by atoms with van der Waals surface area (Å²) in [5, 5.41) is 0.561. The molecule has 0 spiro atoms. The van der Waals surface area contributed by atoms with Gasteiger partial charge in [0.05, 0.1) is 44.7 Å². The second-order valence-electron chi connectivity index (χ2n) is 7.80. The quantitative estimate of drug-likeness (QED) is 0.399. The number of hydrogen-bond donors (Lipinski definition) is 0. The lowest BCUT2D eigenvalue weighted by Gasteiger charge is -2.29. The zero-order chi connectivity index (χ0) is 23.5. The van der Waals surface area contributed by atoms with Crippen molar-refractivity contribution in [2.75, 3.05) is 58.5 Å². The fraction of sp³-hybridized carbons (Fsp3) is 0.333. The number of anilines is 1. The van der Waals surface area contributed by atoms with E-state index in [1.807, 2.05) is 36.4 Å². The molecule has 0 atom stereocenters. The van der Waals surface area contributed by atoms with Gasteiger partial charge in [0.1, 0.15) is 27.4 Å². The maximum atomic E-state index is 13.7. The molecule has 1 amide bonds. The van der Waals surface area contributed by atoms with E-state index in [0.717, 1.165) is 23.3 Å². The van der Waals surface area contributed by atoms with Crippen LogP contribution in [0.2, 0.25) is 0 Å². The number of rotatable bonds is 7. The first-order chi connectivity index (χ1) is 16.7. The smallest absolute Gasteiger partial charge is 0.280 e. The second-order valence-corrected chi connectivity index (χ2v) is 8.78. The number of thiazole rings is 1. The van der Waals surface area contributed by atoms with Crippen LogP contribution in [0, 0.1) is 0 Å². The summed E-state index contributed by atoms with van der Waals surface area (Å²) in [5.41, 5.74) is 2.36. The molecule has 9 nitrogen and oxygen atoms in total. The fourth-order valence-electron chi connectivity index (χ4n) is 3.94. The molecule has 176 valence electrons. The van der Waals surface area contributed by atoms with Crippen LogP contribution in [-0.2, 0) is 4.74 Å². The highest BCUT2D eigenvalue weighted by Crippen LogP contribution is 2.40. The number of fused-ring (bicyclic) bond motifs is 2. The summed E-state index contributed by atoms with van der Waals surface area (Å²) in [6, 6.07) is 11.2. The van der Waals surface area contributed by atoms with E-state index in [0.29, 0.717) is 54.0 Å². The average molecular weight is 480 g/mol. The van der Waals surface area contributed by atoms with Gasteiger partial charge < -0.3 is 14.2 Å². The number of aromatic nitrogens is 3. The topological polar surface area (TPSA) is 89.9 Å². The number of carbonyl (C=O) groups is 1. The highest BCUT2D eigenvalue weighted by atomic mass is 32.1. The predicted octanol–water partition coefficient (Wildman–Crippen LogP) is 3.24. The van der Waals surface area contributed by atoms with Gasteiger partial charge in [-0.05, 0) is 24.3 Å². The number of morpholine rings is 1. The van der Waals surface area contributed by atoms with Gasteiger partial charge in [0, 0.05) is 26.2 Å². The minimum Gasteiger partial charge on any atom is -0.495 e. The van der Waals surface area contributed by atoms with Gasteiger partial charge in [0.15, 0.2) is 5.13 Å².